The lowest BCUT2D eigenvalue weighted by Crippen LogP contribution is -2.57. The number of fused-ring (bicyclic) bond motifs is 2. The van der Waals surface area contributed by atoms with Crippen LogP contribution >= 0.6 is 31.9 Å². The van der Waals surface area contributed by atoms with Crippen molar-refractivity contribution in [2.24, 2.45) is 0 Å². The minimum Gasteiger partial charge on any atom is -0.458 e. The van der Waals surface area contributed by atoms with Crippen LogP contribution in [0, 0.1) is 0 Å². The molecule has 0 N–H and O–H groups in total. The predicted octanol–water partition coefficient (Wildman–Crippen LogP) is 7.20. The lowest BCUT2D eigenvalue weighted by molar-refractivity contribution is 0.487. The highest BCUT2D eigenvalue weighted by molar-refractivity contribution is 9.10. The first-order valence-electron chi connectivity index (χ1n) is 11.1. The van der Waals surface area contributed by atoms with Crippen LogP contribution in [-0.2, 0) is 0 Å². The van der Waals surface area contributed by atoms with E-state index in [1.165, 1.54) is 33.1 Å². The molecule has 3 aromatic carbocycles. The van der Waals surface area contributed by atoms with Crippen LogP contribution in [0.2, 0.25) is 0 Å². The van der Waals surface area contributed by atoms with E-state index >= 15 is 0 Å². The highest BCUT2D eigenvalue weighted by Crippen LogP contribution is 2.32. The van der Waals surface area contributed by atoms with Crippen LogP contribution in [-0.4, -0.2) is 6.71 Å². The molecule has 0 aliphatic carbocycles. The molecule has 0 amide bonds. The van der Waals surface area contributed by atoms with Crippen molar-refractivity contribution in [2.75, 3.05) is 0 Å². The maximum atomic E-state index is 6.39. The Morgan fingerprint density at radius 3 is 1.48 bits per heavy atom. The molecule has 4 heteroatoms. The van der Waals surface area contributed by atoms with Crippen LogP contribution in [0.4, 0.5) is 0 Å². The Balaban J connectivity index is 2.08. The van der Waals surface area contributed by atoms with Crippen LogP contribution in [0.5, 0.6) is 11.5 Å². The van der Waals surface area contributed by atoms with E-state index in [-0.39, 0.29) is 6.71 Å². The second kappa shape index (κ2) is 8.79. The molecular weight excluding hydrogens is 511 g/mol. The third-order valence-electron chi connectivity index (χ3n) is 6.26. The molecule has 1 aliphatic heterocycles. The molecule has 1 nitrogen and oxygen atoms in total. The van der Waals surface area contributed by atoms with E-state index < -0.39 is 0 Å². The van der Waals surface area contributed by atoms with E-state index in [1.54, 1.807) is 0 Å². The highest BCUT2D eigenvalue weighted by atomic mass is 79.9. The third kappa shape index (κ3) is 4.26. The van der Waals surface area contributed by atoms with Gasteiger partial charge in [0.1, 0.15) is 11.5 Å². The second-order valence-corrected chi connectivity index (χ2v) is 11.3. The fraction of sp³-hybridized carbons (Fsp3) is 0.333. The summed E-state index contributed by atoms with van der Waals surface area (Å²) in [6, 6.07) is 17.8. The standard InChI is InChI=1S/C27H29BBr2O/c1-15(2)18-11-21(16(3)4)27(22(12-18)17(5)6)28-23-9-7-19(29)13-25(23)31-26-14-20(30)8-10-24(26)28/h7-17H,1-6H3. The van der Waals surface area contributed by atoms with Gasteiger partial charge in [-0.1, -0.05) is 103 Å². The second-order valence-electron chi connectivity index (χ2n) is 9.48. The summed E-state index contributed by atoms with van der Waals surface area (Å²) in [7, 11) is 0. The van der Waals surface area contributed by atoms with E-state index in [9.17, 15) is 0 Å². The minimum absolute atomic E-state index is 0.149. The first-order valence-corrected chi connectivity index (χ1v) is 12.7. The van der Waals surface area contributed by atoms with Gasteiger partial charge in [-0.3, -0.25) is 0 Å². The normalized spacial score (nSPS) is 12.9. The van der Waals surface area contributed by atoms with Crippen LogP contribution in [0.3, 0.4) is 0 Å². The van der Waals surface area contributed by atoms with Gasteiger partial charge in [-0.2, -0.15) is 0 Å². The Hall–Kier alpha value is -1.52. The van der Waals surface area contributed by atoms with Crippen molar-refractivity contribution in [1.82, 2.24) is 0 Å². The van der Waals surface area contributed by atoms with Crippen molar-refractivity contribution in [1.29, 1.82) is 0 Å². The first kappa shape index (κ1) is 22.7. The molecule has 0 atom stereocenters. The lowest BCUT2D eigenvalue weighted by Gasteiger charge is -2.32. The Morgan fingerprint density at radius 2 is 1.10 bits per heavy atom. The molecule has 0 saturated carbocycles. The summed E-state index contributed by atoms with van der Waals surface area (Å²) in [5.74, 6) is 3.24. The zero-order valence-electron chi connectivity index (χ0n) is 19.1. The molecular formula is C27H29BBr2O. The van der Waals surface area contributed by atoms with Crippen molar-refractivity contribution in [3.63, 3.8) is 0 Å². The Labute approximate surface area is 203 Å². The summed E-state index contributed by atoms with van der Waals surface area (Å²) in [6.45, 7) is 14.0. The van der Waals surface area contributed by atoms with Crippen molar-refractivity contribution in [3.05, 3.63) is 74.2 Å². The average molecular weight is 540 g/mol. The van der Waals surface area contributed by atoms with E-state index in [0.717, 1.165) is 20.4 Å². The largest absolute Gasteiger partial charge is 0.458 e. The molecule has 4 rings (SSSR count). The molecule has 0 spiro atoms. The van der Waals surface area contributed by atoms with Gasteiger partial charge in [0.2, 0.25) is 0 Å². The number of rotatable bonds is 4. The number of benzene rings is 3. The molecule has 0 fully saturated rings. The predicted molar refractivity (Wildman–Crippen MR) is 142 cm³/mol. The maximum absolute atomic E-state index is 6.39. The SMILES string of the molecule is CC(C)c1cc(C(C)C)c(B2c3ccc(Br)cc3Oc3cc(Br)ccc32)c(C(C)C)c1. The molecule has 0 radical (unpaired) electrons. The Morgan fingerprint density at radius 1 is 0.645 bits per heavy atom. The van der Waals surface area contributed by atoms with Gasteiger partial charge in [-0.15, -0.1) is 0 Å². The quantitative estimate of drug-likeness (QED) is 0.249. The molecule has 0 saturated heterocycles. The molecule has 3 aromatic rings. The van der Waals surface area contributed by atoms with Crippen molar-refractivity contribution >= 4 is 55.0 Å². The summed E-state index contributed by atoms with van der Waals surface area (Å²) < 4.78 is 8.46. The fourth-order valence-electron chi connectivity index (χ4n) is 4.61. The van der Waals surface area contributed by atoms with Crippen LogP contribution in [0.1, 0.15) is 76.0 Å². The van der Waals surface area contributed by atoms with Crippen LogP contribution in [0.25, 0.3) is 0 Å². The average Bonchev–Trinajstić information content (AvgIpc) is 2.70. The van der Waals surface area contributed by atoms with Crippen LogP contribution < -0.4 is 21.1 Å². The van der Waals surface area contributed by atoms with Gasteiger partial charge in [0.15, 0.2) is 0 Å². The molecule has 31 heavy (non-hydrogen) atoms. The van der Waals surface area contributed by atoms with Crippen LogP contribution in [0.15, 0.2) is 57.5 Å². The highest BCUT2D eigenvalue weighted by Gasteiger charge is 2.36. The minimum atomic E-state index is 0.149. The van der Waals surface area contributed by atoms with Gasteiger partial charge in [0, 0.05) is 8.95 Å². The Bertz CT molecular complexity index is 1050. The molecule has 0 bridgehead atoms. The number of hydrogen-bond acceptors (Lipinski definition) is 1. The zero-order valence-corrected chi connectivity index (χ0v) is 22.3. The summed E-state index contributed by atoms with van der Waals surface area (Å²) >= 11 is 7.27. The van der Waals surface area contributed by atoms with Crippen molar-refractivity contribution in [3.8, 4) is 11.5 Å². The van der Waals surface area contributed by atoms with E-state index in [1.807, 2.05) is 0 Å². The molecule has 0 unspecified atom stereocenters. The smallest absolute Gasteiger partial charge is 0.251 e. The first-order chi connectivity index (χ1) is 14.7. The topological polar surface area (TPSA) is 9.23 Å². The van der Waals surface area contributed by atoms with Gasteiger partial charge in [0.25, 0.3) is 6.71 Å². The molecule has 1 heterocycles. The number of hydrogen-bond donors (Lipinski definition) is 0. The molecule has 160 valence electrons. The monoisotopic (exact) mass is 538 g/mol. The van der Waals surface area contributed by atoms with Crippen molar-refractivity contribution < 1.29 is 4.74 Å². The Kier molecular flexibility index (Phi) is 6.43. The van der Waals surface area contributed by atoms with Gasteiger partial charge in [-0.25, -0.2) is 0 Å². The molecule has 1 aliphatic rings. The number of ether oxygens (including phenoxy) is 1. The van der Waals surface area contributed by atoms with E-state index in [4.69, 9.17) is 4.74 Å². The van der Waals surface area contributed by atoms with E-state index in [0.29, 0.717) is 17.8 Å². The van der Waals surface area contributed by atoms with E-state index in [2.05, 4.69) is 122 Å². The summed E-state index contributed by atoms with van der Waals surface area (Å²) in [5, 5.41) is 0. The summed E-state index contributed by atoms with van der Waals surface area (Å²) in [6.07, 6.45) is 0. The third-order valence-corrected chi connectivity index (χ3v) is 7.25. The zero-order chi connectivity index (χ0) is 22.4. The maximum Gasteiger partial charge on any atom is 0.251 e. The van der Waals surface area contributed by atoms with Gasteiger partial charge < -0.3 is 4.74 Å². The fourth-order valence-corrected chi connectivity index (χ4v) is 5.29. The summed E-state index contributed by atoms with van der Waals surface area (Å²) in [4.78, 5) is 0. The van der Waals surface area contributed by atoms with Gasteiger partial charge in [-0.05, 0) is 69.6 Å². The van der Waals surface area contributed by atoms with Crippen molar-refractivity contribution in [2.45, 2.75) is 59.3 Å². The lowest BCUT2D eigenvalue weighted by atomic mass is 9.34. The summed E-state index contributed by atoms with van der Waals surface area (Å²) in [5.41, 5.74) is 8.24. The van der Waals surface area contributed by atoms with Gasteiger partial charge >= 0.3 is 0 Å². The molecule has 0 aromatic heterocycles. The van der Waals surface area contributed by atoms with Gasteiger partial charge in [0.05, 0.1) is 0 Å². The number of halogens is 2.